The van der Waals surface area contributed by atoms with Gasteiger partial charge in [-0.1, -0.05) is 97.1 Å². The van der Waals surface area contributed by atoms with Crippen LogP contribution in [0.4, 0.5) is 4.79 Å². The molecule has 4 aromatic rings. The molecule has 8 nitrogen and oxygen atoms in total. The molecule has 0 saturated heterocycles. The summed E-state index contributed by atoms with van der Waals surface area (Å²) in [6.45, 7) is 7.74. The van der Waals surface area contributed by atoms with E-state index in [1.807, 2.05) is 109 Å². The van der Waals surface area contributed by atoms with E-state index in [-0.39, 0.29) is 13.0 Å². The van der Waals surface area contributed by atoms with E-state index in [4.69, 9.17) is 18.9 Å². The van der Waals surface area contributed by atoms with Crippen LogP contribution in [0.2, 0.25) is 0 Å². The molecule has 44 heavy (non-hydrogen) atoms. The van der Waals surface area contributed by atoms with Gasteiger partial charge in [0, 0.05) is 6.42 Å². The molecule has 1 unspecified atom stereocenters. The van der Waals surface area contributed by atoms with E-state index >= 15 is 0 Å². The maximum atomic E-state index is 13.5. The monoisotopic (exact) mass is 596 g/mol. The summed E-state index contributed by atoms with van der Waals surface area (Å²) in [4.78, 5) is 26.0. The number of carbonyl (C=O) groups is 2. The molecule has 0 aromatic heterocycles. The first-order valence-corrected chi connectivity index (χ1v) is 14.5. The standard InChI is InChI=1S/C36H40N2O6/c1-35(2,3)44-34(40)37-38-36(4,33(39)43-26-29-18-12-7-13-19-29)23-30-20-21-31(41-24-27-14-8-5-9-15-27)32(22-30)42-25-28-16-10-6-11-17-28/h5-22,38H,23-26H2,1-4H3,(H,37,40). The molecule has 0 aliphatic rings. The fourth-order valence-electron chi connectivity index (χ4n) is 4.32. The van der Waals surface area contributed by atoms with Crippen LogP contribution in [0.15, 0.2) is 109 Å². The summed E-state index contributed by atoms with van der Waals surface area (Å²) in [5.41, 5.74) is 6.97. The van der Waals surface area contributed by atoms with Crippen molar-refractivity contribution in [2.24, 2.45) is 0 Å². The third kappa shape index (κ3) is 10.2. The highest BCUT2D eigenvalue weighted by Crippen LogP contribution is 2.32. The third-order valence-electron chi connectivity index (χ3n) is 6.54. The van der Waals surface area contributed by atoms with Crippen LogP contribution in [-0.2, 0) is 40.5 Å². The lowest BCUT2D eigenvalue weighted by molar-refractivity contribution is -0.152. The largest absolute Gasteiger partial charge is 0.485 e. The summed E-state index contributed by atoms with van der Waals surface area (Å²) in [6, 6.07) is 34.7. The van der Waals surface area contributed by atoms with Crippen LogP contribution in [0.5, 0.6) is 11.5 Å². The van der Waals surface area contributed by atoms with Crippen molar-refractivity contribution in [3.63, 3.8) is 0 Å². The molecule has 0 heterocycles. The minimum absolute atomic E-state index is 0.0844. The summed E-state index contributed by atoms with van der Waals surface area (Å²) in [6.07, 6.45) is -0.548. The van der Waals surface area contributed by atoms with Crippen molar-refractivity contribution in [1.29, 1.82) is 0 Å². The molecule has 230 valence electrons. The summed E-state index contributed by atoms with van der Waals surface area (Å²) >= 11 is 0. The lowest BCUT2D eigenvalue weighted by Crippen LogP contribution is -2.59. The van der Waals surface area contributed by atoms with Gasteiger partial charge in [-0.2, -0.15) is 0 Å². The van der Waals surface area contributed by atoms with Gasteiger partial charge in [0.2, 0.25) is 0 Å². The number of benzene rings is 4. The second kappa shape index (κ2) is 15.1. The first kappa shape index (κ1) is 32.1. The van der Waals surface area contributed by atoms with Crippen LogP contribution < -0.4 is 20.3 Å². The molecule has 0 fully saturated rings. The highest BCUT2D eigenvalue weighted by atomic mass is 16.6. The summed E-state index contributed by atoms with van der Waals surface area (Å²) in [5, 5.41) is 0. The molecule has 1 atom stereocenters. The van der Waals surface area contributed by atoms with Gasteiger partial charge >= 0.3 is 12.1 Å². The Balaban J connectivity index is 1.56. The number of rotatable bonds is 13. The summed E-state index contributed by atoms with van der Waals surface area (Å²) in [7, 11) is 0. The van der Waals surface area contributed by atoms with Crippen LogP contribution in [0, 0.1) is 0 Å². The molecule has 0 bridgehead atoms. The normalized spacial score (nSPS) is 12.5. The number of hydrazine groups is 1. The molecule has 1 amide bonds. The highest BCUT2D eigenvalue weighted by Gasteiger charge is 2.36. The Morgan fingerprint density at radius 3 is 1.64 bits per heavy atom. The van der Waals surface area contributed by atoms with Crippen molar-refractivity contribution in [2.75, 3.05) is 0 Å². The fourth-order valence-corrected chi connectivity index (χ4v) is 4.32. The lowest BCUT2D eigenvalue weighted by atomic mass is 9.93. The minimum Gasteiger partial charge on any atom is -0.485 e. The Morgan fingerprint density at radius 1 is 0.614 bits per heavy atom. The van der Waals surface area contributed by atoms with Gasteiger partial charge in [-0.25, -0.2) is 15.0 Å². The molecule has 0 saturated carbocycles. The second-order valence-corrected chi connectivity index (χ2v) is 11.7. The molecule has 4 aromatic carbocycles. The number of nitrogens with one attached hydrogen (secondary N) is 2. The SMILES string of the molecule is CC(C)(C)OC(=O)NNC(C)(Cc1ccc(OCc2ccccc2)c(OCc2ccccc2)c1)C(=O)OCc1ccccc1. The average molecular weight is 597 g/mol. The number of amides is 1. The number of carbonyl (C=O) groups excluding carboxylic acids is 2. The van der Waals surface area contributed by atoms with E-state index in [1.54, 1.807) is 27.7 Å². The molecule has 8 heteroatoms. The van der Waals surface area contributed by atoms with Crippen LogP contribution >= 0.6 is 0 Å². The molecule has 0 radical (unpaired) electrons. The number of esters is 1. The van der Waals surface area contributed by atoms with Gasteiger partial charge in [-0.3, -0.25) is 5.43 Å². The predicted octanol–water partition coefficient (Wildman–Crippen LogP) is 6.92. The smallest absolute Gasteiger partial charge is 0.422 e. The molecule has 2 N–H and O–H groups in total. The average Bonchev–Trinajstić information content (AvgIpc) is 3.02. The Morgan fingerprint density at radius 2 is 1.11 bits per heavy atom. The molecule has 0 aliphatic carbocycles. The molecule has 4 rings (SSSR count). The van der Waals surface area contributed by atoms with Crippen LogP contribution in [0.3, 0.4) is 0 Å². The lowest BCUT2D eigenvalue weighted by Gasteiger charge is -2.30. The Hall–Kier alpha value is -4.82. The third-order valence-corrected chi connectivity index (χ3v) is 6.54. The second-order valence-electron chi connectivity index (χ2n) is 11.7. The zero-order valence-electron chi connectivity index (χ0n) is 25.7. The van der Waals surface area contributed by atoms with E-state index in [9.17, 15) is 9.59 Å². The predicted molar refractivity (Wildman–Crippen MR) is 169 cm³/mol. The summed E-state index contributed by atoms with van der Waals surface area (Å²) < 4.78 is 23.4. The number of hydrogen-bond donors (Lipinski definition) is 2. The number of hydrogen-bond acceptors (Lipinski definition) is 7. The van der Waals surface area contributed by atoms with Gasteiger partial charge in [0.25, 0.3) is 0 Å². The van der Waals surface area contributed by atoms with E-state index in [2.05, 4.69) is 10.9 Å². The maximum absolute atomic E-state index is 13.5. The van der Waals surface area contributed by atoms with Crippen molar-refractivity contribution >= 4 is 12.1 Å². The van der Waals surface area contributed by atoms with Crippen LogP contribution in [0.25, 0.3) is 0 Å². The zero-order valence-corrected chi connectivity index (χ0v) is 25.7. The van der Waals surface area contributed by atoms with Crippen molar-refractivity contribution < 1.29 is 28.5 Å². The fraction of sp³-hybridized carbons (Fsp3) is 0.278. The zero-order chi connectivity index (χ0) is 31.4. The molecule has 0 spiro atoms. The quantitative estimate of drug-likeness (QED) is 0.128. The minimum atomic E-state index is -1.35. The molecular weight excluding hydrogens is 556 g/mol. The van der Waals surface area contributed by atoms with Gasteiger partial charge < -0.3 is 18.9 Å². The van der Waals surface area contributed by atoms with E-state index in [0.29, 0.717) is 24.7 Å². The van der Waals surface area contributed by atoms with Gasteiger partial charge in [-0.15, -0.1) is 0 Å². The Kier molecular flexibility index (Phi) is 11.0. The van der Waals surface area contributed by atoms with E-state index in [1.165, 1.54) is 0 Å². The number of ether oxygens (including phenoxy) is 4. The maximum Gasteiger partial charge on any atom is 0.422 e. The summed E-state index contributed by atoms with van der Waals surface area (Å²) in [5.74, 6) is 0.553. The highest BCUT2D eigenvalue weighted by molar-refractivity contribution is 5.81. The van der Waals surface area contributed by atoms with Crippen LogP contribution in [-0.4, -0.2) is 23.2 Å². The van der Waals surface area contributed by atoms with Gasteiger partial charge in [0.1, 0.15) is 31.0 Å². The van der Waals surface area contributed by atoms with E-state index in [0.717, 1.165) is 22.3 Å². The van der Waals surface area contributed by atoms with Crippen molar-refractivity contribution in [1.82, 2.24) is 10.9 Å². The van der Waals surface area contributed by atoms with Crippen molar-refractivity contribution in [3.05, 3.63) is 131 Å². The Labute approximate surface area is 259 Å². The topological polar surface area (TPSA) is 95.1 Å². The first-order valence-electron chi connectivity index (χ1n) is 14.5. The van der Waals surface area contributed by atoms with Gasteiger partial charge in [0.15, 0.2) is 11.5 Å². The first-order chi connectivity index (χ1) is 21.1. The van der Waals surface area contributed by atoms with Crippen LogP contribution in [0.1, 0.15) is 49.9 Å². The Bertz CT molecular complexity index is 1490. The molecular formula is C36H40N2O6. The van der Waals surface area contributed by atoms with Gasteiger partial charge in [0.05, 0.1) is 0 Å². The van der Waals surface area contributed by atoms with Gasteiger partial charge in [-0.05, 0) is 62.1 Å². The van der Waals surface area contributed by atoms with Crippen molar-refractivity contribution in [3.8, 4) is 11.5 Å². The van der Waals surface area contributed by atoms with Crippen molar-refractivity contribution in [2.45, 2.75) is 65.1 Å². The molecule has 0 aliphatic heterocycles. The van der Waals surface area contributed by atoms with E-state index < -0.39 is 23.2 Å².